The van der Waals surface area contributed by atoms with Crippen molar-refractivity contribution in [1.29, 1.82) is 0 Å². The lowest BCUT2D eigenvalue weighted by atomic mass is 10.2. The highest BCUT2D eigenvalue weighted by Crippen LogP contribution is 2.23. The number of amides is 2. The third kappa shape index (κ3) is 3.57. The lowest BCUT2D eigenvalue weighted by molar-refractivity contribution is -0.123. The maximum absolute atomic E-state index is 12.5. The smallest absolute Gasteiger partial charge is 0.254 e. The molecule has 1 aliphatic heterocycles. The van der Waals surface area contributed by atoms with Gasteiger partial charge in [0.1, 0.15) is 5.65 Å². The van der Waals surface area contributed by atoms with Crippen molar-refractivity contribution >= 4 is 29.2 Å². The van der Waals surface area contributed by atoms with Crippen LogP contribution in [0.3, 0.4) is 0 Å². The van der Waals surface area contributed by atoms with Crippen molar-refractivity contribution in [3.8, 4) is 0 Å². The Bertz CT molecular complexity index is 919. The number of rotatable bonds is 4. The normalized spacial score (nSPS) is 14.5. The highest BCUT2D eigenvalue weighted by molar-refractivity contribution is 7.98. The third-order valence-corrected chi connectivity index (χ3v) is 5.27. The second kappa shape index (κ2) is 7.21. The summed E-state index contributed by atoms with van der Waals surface area (Å²) in [5.41, 5.74) is 2.56. The van der Waals surface area contributed by atoms with Crippen LogP contribution >= 0.6 is 11.8 Å². The van der Waals surface area contributed by atoms with Gasteiger partial charge < -0.3 is 14.6 Å². The van der Waals surface area contributed by atoms with E-state index in [9.17, 15) is 9.59 Å². The number of fused-ring (bicyclic) bond motifs is 1. The predicted octanol–water partition coefficient (Wildman–Crippen LogP) is 2.20. The van der Waals surface area contributed by atoms with Crippen molar-refractivity contribution in [3.63, 3.8) is 0 Å². The molecule has 3 aromatic rings. The van der Waals surface area contributed by atoms with Crippen LogP contribution in [0.15, 0.2) is 59.8 Å². The van der Waals surface area contributed by atoms with E-state index in [2.05, 4.69) is 10.3 Å². The molecule has 2 amide bonds. The Labute approximate surface area is 155 Å². The molecule has 2 aromatic heterocycles. The minimum atomic E-state index is -0.107. The van der Waals surface area contributed by atoms with E-state index in [0.29, 0.717) is 18.7 Å². The van der Waals surface area contributed by atoms with Gasteiger partial charge in [-0.15, -0.1) is 11.8 Å². The van der Waals surface area contributed by atoms with Crippen LogP contribution in [0.1, 0.15) is 16.1 Å². The van der Waals surface area contributed by atoms with Crippen LogP contribution in [0.5, 0.6) is 0 Å². The monoisotopic (exact) mass is 366 g/mol. The Balaban J connectivity index is 1.39. The van der Waals surface area contributed by atoms with E-state index < -0.39 is 0 Å². The molecule has 3 heterocycles. The first-order valence-electron chi connectivity index (χ1n) is 8.40. The number of pyridine rings is 1. The van der Waals surface area contributed by atoms with Gasteiger partial charge in [0.05, 0.1) is 12.2 Å². The number of nitrogens with zero attached hydrogens (tertiary/aromatic N) is 3. The number of aromatic nitrogens is 2. The molecular weight excluding hydrogens is 348 g/mol. The van der Waals surface area contributed by atoms with Gasteiger partial charge in [0.2, 0.25) is 5.91 Å². The second-order valence-corrected chi connectivity index (χ2v) is 7.14. The summed E-state index contributed by atoms with van der Waals surface area (Å²) in [5, 5.41) is 2.73. The number of thioether (sulfide) groups is 1. The summed E-state index contributed by atoms with van der Waals surface area (Å²) in [6, 6.07) is 13.5. The molecule has 0 unspecified atom stereocenters. The summed E-state index contributed by atoms with van der Waals surface area (Å²) in [5.74, 6) is 0.558. The molecule has 6 nitrogen and oxygen atoms in total. The molecule has 1 N–H and O–H groups in total. The van der Waals surface area contributed by atoms with E-state index in [4.69, 9.17) is 0 Å². The summed E-state index contributed by atoms with van der Waals surface area (Å²) in [4.78, 5) is 31.1. The molecule has 0 atom stereocenters. The van der Waals surface area contributed by atoms with E-state index in [0.717, 1.165) is 22.0 Å². The standard InChI is InChI=1S/C19H18N4O2S/c24-18-12-23(10-8-20-18)19(25)14-4-6-16(7-5-14)26-13-15-11-22-9-2-1-3-17(22)21-15/h1-7,9,11H,8,10,12-13H2,(H,20,24). The summed E-state index contributed by atoms with van der Waals surface area (Å²) < 4.78 is 2.01. The number of hydrogen-bond acceptors (Lipinski definition) is 4. The molecule has 1 fully saturated rings. The first kappa shape index (κ1) is 16.7. The molecule has 7 heteroatoms. The van der Waals surface area contributed by atoms with Gasteiger partial charge in [0.25, 0.3) is 5.91 Å². The number of benzene rings is 1. The average molecular weight is 366 g/mol. The van der Waals surface area contributed by atoms with Crippen LogP contribution in [-0.2, 0) is 10.5 Å². The number of carbonyl (C=O) groups excluding carboxylic acids is 2. The molecule has 26 heavy (non-hydrogen) atoms. The lowest BCUT2D eigenvalue weighted by Gasteiger charge is -2.26. The van der Waals surface area contributed by atoms with E-state index in [-0.39, 0.29) is 18.4 Å². The molecule has 0 radical (unpaired) electrons. The molecule has 0 aliphatic carbocycles. The lowest BCUT2D eigenvalue weighted by Crippen LogP contribution is -2.49. The Kier molecular flexibility index (Phi) is 4.62. The SMILES string of the molecule is O=C1CN(C(=O)c2ccc(SCc3cn4ccccc4n3)cc2)CCN1. The zero-order valence-electron chi connectivity index (χ0n) is 14.1. The highest BCUT2D eigenvalue weighted by atomic mass is 32.2. The van der Waals surface area contributed by atoms with Crippen molar-refractivity contribution < 1.29 is 9.59 Å². The van der Waals surface area contributed by atoms with Gasteiger partial charge in [-0.2, -0.15) is 0 Å². The summed E-state index contributed by atoms with van der Waals surface area (Å²) in [6.45, 7) is 1.19. The predicted molar refractivity (Wildman–Crippen MR) is 100 cm³/mol. The van der Waals surface area contributed by atoms with Crippen molar-refractivity contribution in [3.05, 3.63) is 66.1 Å². The van der Waals surface area contributed by atoms with Crippen molar-refractivity contribution in [2.45, 2.75) is 10.6 Å². The number of imidazole rings is 1. The highest BCUT2D eigenvalue weighted by Gasteiger charge is 2.22. The molecule has 0 bridgehead atoms. The number of carbonyl (C=O) groups is 2. The molecule has 4 rings (SSSR count). The summed E-state index contributed by atoms with van der Waals surface area (Å²) in [6.07, 6.45) is 4.01. The van der Waals surface area contributed by atoms with Crippen molar-refractivity contribution in [2.75, 3.05) is 19.6 Å². The summed E-state index contributed by atoms with van der Waals surface area (Å²) in [7, 11) is 0. The van der Waals surface area contributed by atoms with Crippen LogP contribution in [0.4, 0.5) is 0 Å². The number of piperazine rings is 1. The Morgan fingerprint density at radius 3 is 2.81 bits per heavy atom. The molecular formula is C19H18N4O2S. The minimum Gasteiger partial charge on any atom is -0.353 e. The quantitative estimate of drug-likeness (QED) is 0.719. The van der Waals surface area contributed by atoms with Crippen LogP contribution in [0.2, 0.25) is 0 Å². The van der Waals surface area contributed by atoms with Gasteiger partial charge in [-0.25, -0.2) is 4.98 Å². The Morgan fingerprint density at radius 2 is 2.04 bits per heavy atom. The topological polar surface area (TPSA) is 66.7 Å². The average Bonchev–Trinajstić information content (AvgIpc) is 3.09. The number of nitrogens with one attached hydrogen (secondary N) is 1. The molecule has 1 aliphatic rings. The van der Waals surface area contributed by atoms with E-state index in [1.807, 2.05) is 59.3 Å². The van der Waals surface area contributed by atoms with Crippen molar-refractivity contribution in [2.24, 2.45) is 0 Å². The van der Waals surface area contributed by atoms with E-state index in [1.165, 1.54) is 0 Å². The van der Waals surface area contributed by atoms with Gasteiger partial charge in [0, 0.05) is 41.7 Å². The maximum Gasteiger partial charge on any atom is 0.254 e. The fourth-order valence-electron chi connectivity index (χ4n) is 2.90. The third-order valence-electron chi connectivity index (χ3n) is 4.23. The van der Waals surface area contributed by atoms with Crippen molar-refractivity contribution in [1.82, 2.24) is 19.6 Å². The fourth-order valence-corrected chi connectivity index (χ4v) is 3.68. The Morgan fingerprint density at radius 1 is 1.19 bits per heavy atom. The van der Waals surface area contributed by atoms with Crippen LogP contribution in [0, 0.1) is 0 Å². The first-order chi connectivity index (χ1) is 12.7. The molecule has 0 saturated carbocycles. The first-order valence-corrected chi connectivity index (χ1v) is 9.39. The van der Waals surface area contributed by atoms with E-state index in [1.54, 1.807) is 16.7 Å². The van der Waals surface area contributed by atoms with Crippen LogP contribution in [-0.4, -0.2) is 45.7 Å². The van der Waals surface area contributed by atoms with Gasteiger partial charge in [0.15, 0.2) is 0 Å². The van der Waals surface area contributed by atoms with Gasteiger partial charge in [-0.1, -0.05) is 6.07 Å². The maximum atomic E-state index is 12.5. The summed E-state index contributed by atoms with van der Waals surface area (Å²) >= 11 is 1.68. The zero-order chi connectivity index (χ0) is 17.9. The fraction of sp³-hybridized carbons (Fsp3) is 0.211. The van der Waals surface area contributed by atoms with Crippen LogP contribution < -0.4 is 5.32 Å². The molecule has 1 saturated heterocycles. The largest absolute Gasteiger partial charge is 0.353 e. The second-order valence-electron chi connectivity index (χ2n) is 6.09. The van der Waals surface area contributed by atoms with Gasteiger partial charge in [-0.3, -0.25) is 9.59 Å². The Hall–Kier alpha value is -2.80. The molecule has 0 spiro atoms. The molecule has 1 aromatic carbocycles. The van der Waals surface area contributed by atoms with E-state index >= 15 is 0 Å². The van der Waals surface area contributed by atoms with Gasteiger partial charge >= 0.3 is 0 Å². The van der Waals surface area contributed by atoms with Gasteiger partial charge in [-0.05, 0) is 36.4 Å². The molecule has 132 valence electrons. The number of hydrogen-bond donors (Lipinski definition) is 1. The zero-order valence-corrected chi connectivity index (χ0v) is 14.9. The minimum absolute atomic E-state index is 0.100. The van der Waals surface area contributed by atoms with Crippen LogP contribution in [0.25, 0.3) is 5.65 Å².